The normalized spacial score (nSPS) is 18.8. The van der Waals surface area contributed by atoms with Gasteiger partial charge in [0.15, 0.2) is 5.52 Å². The van der Waals surface area contributed by atoms with E-state index in [1.165, 1.54) is 17.9 Å². The van der Waals surface area contributed by atoms with Gasteiger partial charge in [-0.3, -0.25) is 18.7 Å². The van der Waals surface area contributed by atoms with Gasteiger partial charge in [-0.2, -0.15) is 0 Å². The Kier molecular flexibility index (Phi) is 4.74. The largest absolute Gasteiger partial charge is 0.389 e. The van der Waals surface area contributed by atoms with E-state index < -0.39 is 23.4 Å². The summed E-state index contributed by atoms with van der Waals surface area (Å²) in [5.74, 6) is -0.216. The standard InChI is InChI=1S/C22H25N7O4/c1-12(2)28-10-23-14-7-13(5-6-15(14)28)20(31)27-8-16(17(30)9-27)29-11-24-18-19(29)25(3)22(33)26(4)21(18)32/h5-7,10-12,16-17,30H,8-9H2,1-4H3/t16-,17-/m0/s1. The molecule has 1 aliphatic rings. The minimum atomic E-state index is -0.880. The first-order valence-corrected chi connectivity index (χ1v) is 10.8. The van der Waals surface area contributed by atoms with E-state index in [1.54, 1.807) is 35.0 Å². The van der Waals surface area contributed by atoms with Crippen LogP contribution in [0.3, 0.4) is 0 Å². The van der Waals surface area contributed by atoms with Gasteiger partial charge in [0.05, 0.1) is 35.8 Å². The maximum atomic E-state index is 13.2. The Balaban J connectivity index is 1.47. The summed E-state index contributed by atoms with van der Waals surface area (Å²) in [6, 6.07) is 5.12. The molecule has 2 atom stereocenters. The number of rotatable bonds is 3. The Labute approximate surface area is 188 Å². The Bertz CT molecular complexity index is 1520. The fourth-order valence-corrected chi connectivity index (χ4v) is 4.61. The topological polar surface area (TPSA) is 120 Å². The van der Waals surface area contributed by atoms with Gasteiger partial charge in [0.1, 0.15) is 5.65 Å². The second-order valence-corrected chi connectivity index (χ2v) is 8.82. The van der Waals surface area contributed by atoms with Gasteiger partial charge in [-0.05, 0) is 32.0 Å². The highest BCUT2D eigenvalue weighted by Gasteiger charge is 2.37. The number of nitrogens with zero attached hydrogens (tertiary/aromatic N) is 7. The first-order valence-electron chi connectivity index (χ1n) is 10.8. The van der Waals surface area contributed by atoms with Crippen molar-refractivity contribution < 1.29 is 9.90 Å². The third-order valence-electron chi connectivity index (χ3n) is 6.45. The Hall–Kier alpha value is -3.73. The van der Waals surface area contributed by atoms with Crippen LogP contribution in [0, 0.1) is 0 Å². The molecule has 0 radical (unpaired) electrons. The van der Waals surface area contributed by atoms with E-state index in [-0.39, 0.29) is 30.6 Å². The van der Waals surface area contributed by atoms with Gasteiger partial charge in [-0.25, -0.2) is 14.8 Å². The number of imidazole rings is 2. The van der Waals surface area contributed by atoms with Crippen molar-refractivity contribution in [2.75, 3.05) is 13.1 Å². The summed E-state index contributed by atoms with van der Waals surface area (Å²) >= 11 is 0. The molecule has 4 heterocycles. The van der Waals surface area contributed by atoms with Crippen molar-refractivity contribution in [3.05, 3.63) is 57.3 Å². The van der Waals surface area contributed by atoms with Crippen LogP contribution in [0.25, 0.3) is 22.2 Å². The van der Waals surface area contributed by atoms with Crippen LogP contribution in [0.5, 0.6) is 0 Å². The number of aryl methyl sites for hydroxylation is 1. The van der Waals surface area contributed by atoms with Gasteiger partial charge >= 0.3 is 5.69 Å². The zero-order valence-electron chi connectivity index (χ0n) is 18.8. The fourth-order valence-electron chi connectivity index (χ4n) is 4.61. The number of aliphatic hydroxyl groups is 1. The predicted octanol–water partition coefficient (Wildman–Crippen LogP) is 0.422. The molecule has 11 nitrogen and oxygen atoms in total. The minimum Gasteiger partial charge on any atom is -0.389 e. The monoisotopic (exact) mass is 451 g/mol. The van der Waals surface area contributed by atoms with Gasteiger partial charge in [0, 0.05) is 38.8 Å². The summed E-state index contributed by atoms with van der Waals surface area (Å²) in [6.45, 7) is 4.47. The molecule has 0 spiro atoms. The third kappa shape index (κ3) is 3.10. The minimum absolute atomic E-state index is 0.125. The lowest BCUT2D eigenvalue weighted by Crippen LogP contribution is -2.38. The average molecular weight is 451 g/mol. The lowest BCUT2D eigenvalue weighted by molar-refractivity contribution is 0.0765. The SMILES string of the molecule is CC(C)n1cnc2cc(C(=O)N3C[C@H](O)[C@@H](n4cnc5c(=O)n(C)c(=O)n(C)c54)C3)ccc21. The lowest BCUT2D eigenvalue weighted by Gasteiger charge is -2.18. The molecule has 11 heteroatoms. The van der Waals surface area contributed by atoms with Gasteiger partial charge in [0.2, 0.25) is 0 Å². The van der Waals surface area contributed by atoms with E-state index in [4.69, 9.17) is 0 Å². The van der Waals surface area contributed by atoms with Crippen LogP contribution < -0.4 is 11.2 Å². The molecule has 3 aromatic heterocycles. The van der Waals surface area contributed by atoms with E-state index in [2.05, 4.69) is 23.8 Å². The predicted molar refractivity (Wildman–Crippen MR) is 121 cm³/mol. The van der Waals surface area contributed by atoms with Crippen LogP contribution in [0.2, 0.25) is 0 Å². The number of carbonyl (C=O) groups excluding carboxylic acids is 1. The number of fused-ring (bicyclic) bond motifs is 2. The zero-order chi connectivity index (χ0) is 23.6. The van der Waals surface area contributed by atoms with E-state index in [1.807, 2.05) is 10.6 Å². The van der Waals surface area contributed by atoms with Gasteiger partial charge in [-0.15, -0.1) is 0 Å². The van der Waals surface area contributed by atoms with Crippen LogP contribution in [0.4, 0.5) is 0 Å². The molecule has 1 amide bonds. The number of β-amino-alcohol motifs (C(OH)–C–C–N with tert-alkyl or cyclic N) is 1. The highest BCUT2D eigenvalue weighted by atomic mass is 16.3. The lowest BCUT2D eigenvalue weighted by atomic mass is 10.1. The van der Waals surface area contributed by atoms with Crippen molar-refractivity contribution in [1.29, 1.82) is 0 Å². The molecule has 33 heavy (non-hydrogen) atoms. The Morgan fingerprint density at radius 2 is 1.85 bits per heavy atom. The summed E-state index contributed by atoms with van der Waals surface area (Å²) < 4.78 is 5.98. The summed E-state index contributed by atoms with van der Waals surface area (Å²) in [7, 11) is 2.95. The Morgan fingerprint density at radius 1 is 1.09 bits per heavy atom. The van der Waals surface area contributed by atoms with Gasteiger partial charge in [-0.1, -0.05) is 0 Å². The van der Waals surface area contributed by atoms with E-state index in [0.29, 0.717) is 11.2 Å². The molecule has 1 aromatic carbocycles. The van der Waals surface area contributed by atoms with Crippen molar-refractivity contribution in [2.45, 2.75) is 32.0 Å². The second kappa shape index (κ2) is 7.41. The first-order chi connectivity index (χ1) is 15.7. The number of aromatic nitrogens is 6. The number of hydrogen-bond donors (Lipinski definition) is 1. The molecule has 5 rings (SSSR count). The molecular weight excluding hydrogens is 426 g/mol. The van der Waals surface area contributed by atoms with Gasteiger partial charge in [0.25, 0.3) is 11.5 Å². The second-order valence-electron chi connectivity index (χ2n) is 8.82. The number of carbonyl (C=O) groups is 1. The molecule has 1 fully saturated rings. The highest BCUT2D eigenvalue weighted by molar-refractivity contribution is 5.97. The van der Waals surface area contributed by atoms with Crippen LogP contribution >= 0.6 is 0 Å². The van der Waals surface area contributed by atoms with Crippen molar-refractivity contribution in [3.63, 3.8) is 0 Å². The van der Waals surface area contributed by atoms with Crippen LogP contribution in [-0.2, 0) is 14.1 Å². The summed E-state index contributed by atoms with van der Waals surface area (Å²) in [5.41, 5.74) is 1.65. The molecule has 0 saturated carbocycles. The number of likely N-dealkylation sites (tertiary alicyclic amines) is 1. The van der Waals surface area contributed by atoms with Crippen molar-refractivity contribution >= 4 is 28.1 Å². The van der Waals surface area contributed by atoms with Crippen LogP contribution in [0.1, 0.15) is 36.3 Å². The first kappa shape index (κ1) is 21.1. The van der Waals surface area contributed by atoms with Crippen LogP contribution in [-0.4, -0.2) is 63.3 Å². The zero-order valence-corrected chi connectivity index (χ0v) is 18.8. The number of amides is 1. The maximum absolute atomic E-state index is 13.2. The quantitative estimate of drug-likeness (QED) is 0.482. The highest BCUT2D eigenvalue weighted by Crippen LogP contribution is 2.27. The Morgan fingerprint density at radius 3 is 2.58 bits per heavy atom. The average Bonchev–Trinajstić information content (AvgIpc) is 3.51. The van der Waals surface area contributed by atoms with Gasteiger partial charge < -0.3 is 19.1 Å². The van der Waals surface area contributed by atoms with Crippen molar-refractivity contribution in [1.82, 2.24) is 33.1 Å². The molecule has 172 valence electrons. The van der Waals surface area contributed by atoms with Crippen LogP contribution in [0.15, 0.2) is 40.4 Å². The molecule has 1 aliphatic heterocycles. The molecule has 4 aromatic rings. The number of benzene rings is 1. The molecule has 1 saturated heterocycles. The van der Waals surface area contributed by atoms with Crippen molar-refractivity contribution in [2.24, 2.45) is 14.1 Å². The summed E-state index contributed by atoms with van der Waals surface area (Å²) in [6.07, 6.45) is 2.32. The summed E-state index contributed by atoms with van der Waals surface area (Å²) in [5, 5.41) is 10.8. The molecule has 0 aliphatic carbocycles. The van der Waals surface area contributed by atoms with Crippen molar-refractivity contribution in [3.8, 4) is 0 Å². The molecular formula is C22H25N7O4. The van der Waals surface area contributed by atoms with E-state index >= 15 is 0 Å². The molecule has 1 N–H and O–H groups in total. The maximum Gasteiger partial charge on any atom is 0.332 e. The number of aliphatic hydroxyl groups excluding tert-OH is 1. The fraction of sp³-hybridized carbons (Fsp3) is 0.409. The molecule has 0 unspecified atom stereocenters. The third-order valence-corrected chi connectivity index (χ3v) is 6.45. The smallest absolute Gasteiger partial charge is 0.332 e. The van der Waals surface area contributed by atoms with E-state index in [9.17, 15) is 19.5 Å². The number of hydrogen-bond acceptors (Lipinski definition) is 6. The molecule has 0 bridgehead atoms. The van der Waals surface area contributed by atoms with E-state index in [0.717, 1.165) is 15.6 Å². The summed E-state index contributed by atoms with van der Waals surface area (Å²) in [4.78, 5) is 48.3.